The van der Waals surface area contributed by atoms with Crippen molar-refractivity contribution >= 4 is 13.8 Å². The molecule has 0 saturated carbocycles. The summed E-state index contributed by atoms with van der Waals surface area (Å²) in [5.41, 5.74) is 0. The van der Waals surface area contributed by atoms with Gasteiger partial charge in [0.2, 0.25) is 0 Å². The Morgan fingerprint density at radius 2 is 1.25 bits per heavy atom. The third-order valence-electron chi connectivity index (χ3n) is 3.23. The molecule has 0 aliphatic heterocycles. The fourth-order valence-electron chi connectivity index (χ4n) is 2.07. The molecule has 0 aliphatic rings. The van der Waals surface area contributed by atoms with Crippen molar-refractivity contribution in [3.8, 4) is 0 Å². The zero-order valence-electron chi connectivity index (χ0n) is 11.5. The normalized spacial score (nSPS) is 13.2. The van der Waals surface area contributed by atoms with Crippen LogP contribution in [0.1, 0.15) is 78.1 Å². The van der Waals surface area contributed by atoms with Gasteiger partial charge in [-0.05, 0) is 0 Å². The first-order valence-electron chi connectivity index (χ1n) is 7.04. The SMILES string of the molecule is CCCCCCC(CCCCCC)[Se](C)=O. The Labute approximate surface area is 106 Å². The first-order chi connectivity index (χ1) is 7.72. The van der Waals surface area contributed by atoms with Crippen molar-refractivity contribution in [1.29, 1.82) is 0 Å². The zero-order chi connectivity index (χ0) is 12.2. The van der Waals surface area contributed by atoms with E-state index in [0.29, 0.717) is 4.82 Å². The van der Waals surface area contributed by atoms with Gasteiger partial charge in [-0.3, -0.25) is 0 Å². The van der Waals surface area contributed by atoms with Crippen molar-refractivity contribution in [3.05, 3.63) is 0 Å². The van der Waals surface area contributed by atoms with Crippen LogP contribution in [0, 0.1) is 0 Å². The molecule has 0 aromatic carbocycles. The van der Waals surface area contributed by atoms with Crippen LogP contribution in [-0.2, 0) is 3.83 Å². The molecular formula is C14H30OSe. The third kappa shape index (κ3) is 9.54. The van der Waals surface area contributed by atoms with Crippen molar-refractivity contribution in [1.82, 2.24) is 0 Å². The van der Waals surface area contributed by atoms with E-state index in [1.54, 1.807) is 0 Å². The van der Waals surface area contributed by atoms with Crippen molar-refractivity contribution in [3.63, 3.8) is 0 Å². The molecule has 0 aromatic rings. The van der Waals surface area contributed by atoms with Crippen molar-refractivity contribution < 1.29 is 3.83 Å². The Balaban J connectivity index is 3.59. The second-order valence-electron chi connectivity index (χ2n) is 4.82. The van der Waals surface area contributed by atoms with Crippen molar-refractivity contribution in [2.45, 2.75) is 88.7 Å². The molecule has 2 heteroatoms. The monoisotopic (exact) mass is 294 g/mol. The summed E-state index contributed by atoms with van der Waals surface area (Å²) in [6.07, 6.45) is 13.0. The fourth-order valence-corrected chi connectivity index (χ4v) is 4.17. The second-order valence-corrected chi connectivity index (χ2v) is 8.31. The van der Waals surface area contributed by atoms with Gasteiger partial charge in [-0.2, -0.15) is 0 Å². The Hall–Kier alpha value is 0.319. The van der Waals surface area contributed by atoms with Crippen LogP contribution in [0.5, 0.6) is 0 Å². The Morgan fingerprint density at radius 1 is 0.812 bits per heavy atom. The van der Waals surface area contributed by atoms with Crippen LogP contribution in [0.15, 0.2) is 0 Å². The predicted molar refractivity (Wildman–Crippen MR) is 73.6 cm³/mol. The van der Waals surface area contributed by atoms with Crippen molar-refractivity contribution in [2.24, 2.45) is 0 Å². The molecule has 98 valence electrons. The van der Waals surface area contributed by atoms with E-state index in [1.165, 1.54) is 64.2 Å². The molecule has 0 rings (SSSR count). The second kappa shape index (κ2) is 11.8. The first kappa shape index (κ1) is 16.3. The molecule has 0 saturated heterocycles. The summed E-state index contributed by atoms with van der Waals surface area (Å²) in [5.74, 6) is 1.98. The number of unbranched alkanes of at least 4 members (excludes halogenated alkanes) is 6. The Kier molecular flexibility index (Phi) is 12.0. The minimum atomic E-state index is -1.51. The van der Waals surface area contributed by atoms with Gasteiger partial charge in [0.15, 0.2) is 0 Å². The van der Waals surface area contributed by atoms with Gasteiger partial charge in [0, 0.05) is 0 Å². The zero-order valence-corrected chi connectivity index (χ0v) is 13.2. The summed E-state index contributed by atoms with van der Waals surface area (Å²) < 4.78 is 11.7. The van der Waals surface area contributed by atoms with Gasteiger partial charge in [0.1, 0.15) is 0 Å². The van der Waals surface area contributed by atoms with E-state index in [1.807, 2.05) is 5.82 Å². The maximum absolute atomic E-state index is 11.7. The van der Waals surface area contributed by atoms with Crippen molar-refractivity contribution in [2.75, 3.05) is 0 Å². The van der Waals surface area contributed by atoms with Crippen LogP contribution in [0.25, 0.3) is 0 Å². The molecule has 0 fully saturated rings. The molecule has 0 aromatic heterocycles. The summed E-state index contributed by atoms with van der Waals surface area (Å²) in [7, 11) is 0. The van der Waals surface area contributed by atoms with Gasteiger partial charge in [0.25, 0.3) is 0 Å². The molecule has 0 radical (unpaired) electrons. The van der Waals surface area contributed by atoms with Gasteiger partial charge in [-0.1, -0.05) is 0 Å². The molecule has 0 heterocycles. The van der Waals surface area contributed by atoms with Crippen LogP contribution in [0.2, 0.25) is 10.6 Å². The molecule has 0 bridgehead atoms. The first-order valence-corrected chi connectivity index (χ1v) is 10.4. The van der Waals surface area contributed by atoms with E-state index >= 15 is 0 Å². The Bertz CT molecular complexity index is 156. The summed E-state index contributed by atoms with van der Waals surface area (Å²) in [4.78, 5) is 0.564. The molecule has 0 aliphatic carbocycles. The summed E-state index contributed by atoms with van der Waals surface area (Å²) in [5, 5.41) is 0. The average Bonchev–Trinajstić information content (AvgIpc) is 2.26. The molecule has 0 spiro atoms. The quantitative estimate of drug-likeness (QED) is 0.371. The molecule has 1 nitrogen and oxygen atoms in total. The van der Waals surface area contributed by atoms with Crippen LogP contribution < -0.4 is 0 Å². The average molecular weight is 293 g/mol. The van der Waals surface area contributed by atoms with Crippen LogP contribution >= 0.6 is 0 Å². The summed E-state index contributed by atoms with van der Waals surface area (Å²) >= 11 is -1.51. The van der Waals surface area contributed by atoms with E-state index < -0.39 is 13.8 Å². The molecule has 1 unspecified atom stereocenters. The van der Waals surface area contributed by atoms with Crippen LogP contribution in [-0.4, -0.2) is 13.8 Å². The predicted octanol–water partition coefficient (Wildman–Crippen LogP) is 5.35. The van der Waals surface area contributed by atoms with Crippen LogP contribution in [0.4, 0.5) is 0 Å². The van der Waals surface area contributed by atoms with E-state index in [-0.39, 0.29) is 0 Å². The van der Waals surface area contributed by atoms with Gasteiger partial charge in [0.05, 0.1) is 0 Å². The fraction of sp³-hybridized carbons (Fsp3) is 1.00. The number of hydrogen-bond donors (Lipinski definition) is 0. The number of rotatable bonds is 11. The van der Waals surface area contributed by atoms with E-state index in [4.69, 9.17) is 0 Å². The summed E-state index contributed by atoms with van der Waals surface area (Å²) in [6.45, 7) is 4.48. The van der Waals surface area contributed by atoms with Crippen LogP contribution in [0.3, 0.4) is 0 Å². The van der Waals surface area contributed by atoms with Gasteiger partial charge >= 0.3 is 106 Å². The molecule has 0 N–H and O–H groups in total. The van der Waals surface area contributed by atoms with Gasteiger partial charge in [-0.15, -0.1) is 0 Å². The standard InChI is InChI=1S/C14H30OSe/c1-4-6-8-10-12-14(16(3)15)13-11-9-7-5-2/h14H,4-13H2,1-3H3. The maximum atomic E-state index is 11.7. The number of hydrogen-bond acceptors (Lipinski definition) is 1. The molecule has 0 amide bonds. The topological polar surface area (TPSA) is 17.1 Å². The Morgan fingerprint density at radius 3 is 1.56 bits per heavy atom. The van der Waals surface area contributed by atoms with E-state index in [0.717, 1.165) is 0 Å². The van der Waals surface area contributed by atoms with E-state index in [2.05, 4.69) is 13.8 Å². The molecule has 16 heavy (non-hydrogen) atoms. The van der Waals surface area contributed by atoms with Gasteiger partial charge < -0.3 is 0 Å². The summed E-state index contributed by atoms with van der Waals surface area (Å²) in [6, 6.07) is 0. The third-order valence-corrected chi connectivity index (χ3v) is 6.19. The minimum absolute atomic E-state index is 0.564. The van der Waals surface area contributed by atoms with Gasteiger partial charge in [-0.25, -0.2) is 0 Å². The van der Waals surface area contributed by atoms with E-state index in [9.17, 15) is 3.83 Å². The molecular weight excluding hydrogens is 263 g/mol. The molecule has 1 atom stereocenters.